The fraction of sp³-hybridized carbons (Fsp3) is 0. The summed E-state index contributed by atoms with van der Waals surface area (Å²) in [7, 11) is 0. The molecular formula is C12H6Cl6Si. The summed E-state index contributed by atoms with van der Waals surface area (Å²) in [5, 5.41) is 1.20. The smallest absolute Gasteiger partial charge is 0.121 e. The van der Waals surface area contributed by atoms with Gasteiger partial charge in [0.15, 0.2) is 0 Å². The van der Waals surface area contributed by atoms with Gasteiger partial charge in [0, 0.05) is 10.8 Å². The zero-order chi connectivity index (χ0) is 14.2. The molecule has 2 aromatic rings. The maximum Gasteiger partial charge on any atom is 0.374 e. The molecule has 0 saturated heterocycles. The third-order valence-corrected chi connectivity index (χ3v) is 6.89. The molecule has 0 fully saturated rings. The summed E-state index contributed by atoms with van der Waals surface area (Å²) in [4.78, 5) is 0. The molecule has 0 aliphatic rings. The topological polar surface area (TPSA) is 0 Å². The average molecular weight is 391 g/mol. The van der Waals surface area contributed by atoms with Gasteiger partial charge in [-0.2, -0.15) is 0 Å². The normalized spacial score (nSPS) is 11.7. The summed E-state index contributed by atoms with van der Waals surface area (Å²) >= 11 is 36.6. The van der Waals surface area contributed by atoms with E-state index in [2.05, 4.69) is 0 Å². The first-order valence-corrected chi connectivity index (χ1v) is 11.3. The highest BCUT2D eigenvalue weighted by atomic mass is 35.8. The molecule has 2 aromatic carbocycles. The molecule has 2 rings (SSSR count). The lowest BCUT2D eigenvalue weighted by Gasteiger charge is -2.16. The van der Waals surface area contributed by atoms with Gasteiger partial charge in [-0.15, -0.1) is 33.2 Å². The van der Waals surface area contributed by atoms with Gasteiger partial charge in [0.1, 0.15) is 0 Å². The van der Waals surface area contributed by atoms with Crippen molar-refractivity contribution in [3.05, 3.63) is 51.5 Å². The molecule has 0 bridgehead atoms. The molecule has 0 saturated carbocycles. The Balaban J connectivity index is 2.73. The van der Waals surface area contributed by atoms with Crippen LogP contribution in [0.2, 0.25) is 15.1 Å². The molecule has 0 amide bonds. The van der Waals surface area contributed by atoms with Gasteiger partial charge in [0.2, 0.25) is 0 Å². The van der Waals surface area contributed by atoms with Gasteiger partial charge in [-0.1, -0.05) is 65.1 Å². The first-order valence-electron chi connectivity index (χ1n) is 5.12. The molecule has 7 heteroatoms. The summed E-state index contributed by atoms with van der Waals surface area (Å²) < 4.78 is 0. The van der Waals surface area contributed by atoms with Crippen LogP contribution in [0.3, 0.4) is 0 Å². The van der Waals surface area contributed by atoms with Crippen molar-refractivity contribution in [3.8, 4) is 11.1 Å². The van der Waals surface area contributed by atoms with E-state index in [1.165, 1.54) is 0 Å². The van der Waals surface area contributed by atoms with Crippen molar-refractivity contribution >= 4 is 79.2 Å². The average Bonchev–Trinajstić information content (AvgIpc) is 2.36. The van der Waals surface area contributed by atoms with E-state index in [4.69, 9.17) is 68.0 Å². The minimum atomic E-state index is -3.15. The van der Waals surface area contributed by atoms with E-state index >= 15 is 0 Å². The number of benzene rings is 2. The van der Waals surface area contributed by atoms with Gasteiger partial charge >= 0.3 is 6.00 Å². The molecule has 0 spiro atoms. The molecule has 0 unspecified atom stereocenters. The lowest BCUT2D eigenvalue weighted by atomic mass is 10.1. The molecule has 0 aromatic heterocycles. The number of rotatable bonds is 2. The molecule has 0 aliphatic heterocycles. The zero-order valence-electron chi connectivity index (χ0n) is 9.23. The van der Waals surface area contributed by atoms with E-state index in [1.807, 2.05) is 30.3 Å². The van der Waals surface area contributed by atoms with Crippen LogP contribution in [0.1, 0.15) is 0 Å². The van der Waals surface area contributed by atoms with E-state index in [-0.39, 0.29) is 10.0 Å². The minimum Gasteiger partial charge on any atom is -0.121 e. The SMILES string of the molecule is Clc1c(-c2ccccc2)cc([Si](Cl)(Cl)Cl)c(Cl)c1Cl. The summed E-state index contributed by atoms with van der Waals surface area (Å²) in [6.07, 6.45) is 0. The molecule has 0 atom stereocenters. The molecule has 0 aliphatic carbocycles. The van der Waals surface area contributed by atoms with Crippen molar-refractivity contribution < 1.29 is 0 Å². The predicted molar refractivity (Wildman–Crippen MR) is 89.9 cm³/mol. The van der Waals surface area contributed by atoms with Gasteiger partial charge in [-0.3, -0.25) is 0 Å². The van der Waals surface area contributed by atoms with Gasteiger partial charge in [0.05, 0.1) is 15.1 Å². The second kappa shape index (κ2) is 6.03. The maximum atomic E-state index is 6.22. The second-order valence-electron chi connectivity index (χ2n) is 3.78. The first kappa shape index (κ1) is 15.8. The molecule has 100 valence electrons. The van der Waals surface area contributed by atoms with E-state index in [0.29, 0.717) is 15.8 Å². The van der Waals surface area contributed by atoms with Gasteiger partial charge in [-0.05, 0) is 11.6 Å². The first-order chi connectivity index (χ1) is 8.82. The van der Waals surface area contributed by atoms with Crippen LogP contribution in [0.4, 0.5) is 0 Å². The lowest BCUT2D eigenvalue weighted by Crippen LogP contribution is -2.31. The summed E-state index contributed by atoms with van der Waals surface area (Å²) in [6, 6.07) is 8.02. The van der Waals surface area contributed by atoms with Gasteiger partial charge < -0.3 is 0 Å². The molecular weight excluding hydrogens is 385 g/mol. The Kier molecular flexibility index (Phi) is 5.00. The number of halogens is 6. The fourth-order valence-electron chi connectivity index (χ4n) is 1.64. The third kappa shape index (κ3) is 3.35. The Bertz CT molecular complexity index is 606. The van der Waals surface area contributed by atoms with Crippen molar-refractivity contribution in [1.29, 1.82) is 0 Å². The monoisotopic (exact) mass is 388 g/mol. The standard InChI is InChI=1S/C12H6Cl6Si/c13-10-8(7-4-2-1-3-5-7)6-9(19(16,17)18)11(14)12(10)15/h1-6H. The van der Waals surface area contributed by atoms with Crippen molar-refractivity contribution in [2.24, 2.45) is 0 Å². The van der Waals surface area contributed by atoms with Crippen LogP contribution >= 0.6 is 68.0 Å². The Morgan fingerprint density at radius 1 is 0.737 bits per heavy atom. The van der Waals surface area contributed by atoms with Crippen LogP contribution in [0, 0.1) is 0 Å². The highest BCUT2D eigenvalue weighted by Gasteiger charge is 2.33. The molecule has 0 nitrogen and oxygen atoms in total. The van der Waals surface area contributed by atoms with Gasteiger partial charge in [-0.25, -0.2) is 0 Å². The quantitative estimate of drug-likeness (QED) is 0.326. The van der Waals surface area contributed by atoms with E-state index in [0.717, 1.165) is 5.56 Å². The predicted octanol–water partition coefficient (Wildman–Crippen LogP) is 6.18. The molecule has 0 radical (unpaired) electrons. The van der Waals surface area contributed by atoms with Crippen molar-refractivity contribution in [1.82, 2.24) is 0 Å². The summed E-state index contributed by atoms with van der Waals surface area (Å²) in [6.45, 7) is 0. The Hall–Kier alpha value is 0.397. The van der Waals surface area contributed by atoms with E-state index in [1.54, 1.807) is 6.07 Å². The summed E-state index contributed by atoms with van der Waals surface area (Å²) in [5.41, 5.74) is 1.58. The highest BCUT2D eigenvalue weighted by molar-refractivity contribution is 7.69. The van der Waals surface area contributed by atoms with Crippen molar-refractivity contribution in [3.63, 3.8) is 0 Å². The number of hydrogen-bond donors (Lipinski definition) is 0. The highest BCUT2D eigenvalue weighted by Crippen LogP contribution is 2.39. The minimum absolute atomic E-state index is 0.206. The van der Waals surface area contributed by atoms with Gasteiger partial charge in [0.25, 0.3) is 0 Å². The Morgan fingerprint density at radius 2 is 1.32 bits per heavy atom. The maximum absolute atomic E-state index is 6.22. The Labute approximate surface area is 141 Å². The van der Waals surface area contributed by atoms with Crippen LogP contribution in [0.5, 0.6) is 0 Å². The van der Waals surface area contributed by atoms with Crippen LogP contribution in [0.25, 0.3) is 11.1 Å². The van der Waals surface area contributed by atoms with Crippen LogP contribution in [0.15, 0.2) is 36.4 Å². The molecule has 19 heavy (non-hydrogen) atoms. The largest absolute Gasteiger partial charge is 0.374 e. The lowest BCUT2D eigenvalue weighted by molar-refractivity contribution is 1.63. The van der Waals surface area contributed by atoms with Crippen LogP contribution in [-0.2, 0) is 0 Å². The van der Waals surface area contributed by atoms with Crippen LogP contribution in [-0.4, -0.2) is 6.00 Å². The second-order valence-corrected chi connectivity index (χ2v) is 13.3. The molecule has 0 heterocycles. The fourth-order valence-corrected chi connectivity index (χ4v) is 5.26. The molecule has 0 N–H and O–H groups in total. The van der Waals surface area contributed by atoms with E-state index < -0.39 is 6.00 Å². The Morgan fingerprint density at radius 3 is 1.84 bits per heavy atom. The van der Waals surface area contributed by atoms with Crippen LogP contribution < -0.4 is 5.19 Å². The third-order valence-electron chi connectivity index (χ3n) is 2.54. The van der Waals surface area contributed by atoms with E-state index in [9.17, 15) is 0 Å². The van der Waals surface area contributed by atoms with Crippen molar-refractivity contribution in [2.45, 2.75) is 0 Å². The number of hydrogen-bond acceptors (Lipinski definition) is 0. The zero-order valence-corrected chi connectivity index (χ0v) is 14.8. The van der Waals surface area contributed by atoms with Crippen molar-refractivity contribution in [2.75, 3.05) is 0 Å². The summed E-state index contributed by atoms with van der Waals surface area (Å²) in [5.74, 6) is 0.